The van der Waals surface area contributed by atoms with Crippen LogP contribution in [0.2, 0.25) is 0 Å². The largest absolute Gasteiger partial charge is 0.507 e. The molecule has 0 fully saturated rings. The standard InChI is InChI=1S/C27H33O5P/c1-19-15-20(27(2,3)4)26(28)25(16-19)33(23-13-9-7-11-21(23)31-17-29-5)24-14-10-8-12-22(24)32-18-30-6/h7-16,28H,17-18H2,1-6H3. The van der Waals surface area contributed by atoms with Crippen LogP contribution in [0.5, 0.6) is 17.2 Å². The number of para-hydroxylation sites is 2. The summed E-state index contributed by atoms with van der Waals surface area (Å²) in [5, 5.41) is 14.4. The van der Waals surface area contributed by atoms with Crippen LogP contribution in [0.15, 0.2) is 60.7 Å². The molecule has 5 nitrogen and oxygen atoms in total. The molecular weight excluding hydrogens is 435 g/mol. The maximum Gasteiger partial charge on any atom is 0.188 e. The van der Waals surface area contributed by atoms with Crippen molar-refractivity contribution in [2.45, 2.75) is 33.1 Å². The van der Waals surface area contributed by atoms with Gasteiger partial charge in [0.25, 0.3) is 0 Å². The van der Waals surface area contributed by atoms with E-state index in [1.165, 1.54) is 0 Å². The highest BCUT2D eigenvalue weighted by Gasteiger charge is 2.29. The third kappa shape index (κ3) is 5.86. The lowest BCUT2D eigenvalue weighted by atomic mass is 9.85. The lowest BCUT2D eigenvalue weighted by molar-refractivity contribution is 0.0519. The molecule has 33 heavy (non-hydrogen) atoms. The van der Waals surface area contributed by atoms with Gasteiger partial charge in [-0.25, -0.2) is 0 Å². The molecule has 0 aliphatic heterocycles. The van der Waals surface area contributed by atoms with E-state index in [2.05, 4.69) is 39.8 Å². The van der Waals surface area contributed by atoms with E-state index in [0.717, 1.165) is 27.0 Å². The fourth-order valence-corrected chi connectivity index (χ4v) is 6.30. The van der Waals surface area contributed by atoms with Crippen molar-refractivity contribution in [3.8, 4) is 17.2 Å². The summed E-state index contributed by atoms with van der Waals surface area (Å²) in [6, 6.07) is 19.9. The van der Waals surface area contributed by atoms with E-state index in [4.69, 9.17) is 18.9 Å². The zero-order chi connectivity index (χ0) is 24.0. The zero-order valence-corrected chi connectivity index (χ0v) is 21.1. The molecule has 0 saturated heterocycles. The number of hydrogen-bond acceptors (Lipinski definition) is 5. The van der Waals surface area contributed by atoms with E-state index in [1.54, 1.807) is 14.2 Å². The lowest BCUT2D eigenvalue weighted by Gasteiger charge is -2.28. The molecule has 3 rings (SSSR count). The van der Waals surface area contributed by atoms with E-state index >= 15 is 0 Å². The Balaban J connectivity index is 2.32. The monoisotopic (exact) mass is 468 g/mol. The summed E-state index contributed by atoms with van der Waals surface area (Å²) in [6.45, 7) is 8.66. The Morgan fingerprint density at radius 2 is 1.24 bits per heavy atom. The summed E-state index contributed by atoms with van der Waals surface area (Å²) in [6.07, 6.45) is 0. The normalized spacial score (nSPS) is 11.6. The molecule has 0 amide bonds. The minimum Gasteiger partial charge on any atom is -0.507 e. The van der Waals surface area contributed by atoms with Crippen LogP contribution in [0.25, 0.3) is 0 Å². The molecule has 0 bridgehead atoms. The molecule has 1 N–H and O–H groups in total. The van der Waals surface area contributed by atoms with Crippen molar-refractivity contribution >= 4 is 23.8 Å². The van der Waals surface area contributed by atoms with Gasteiger partial charge in [0.15, 0.2) is 13.6 Å². The highest BCUT2D eigenvalue weighted by Crippen LogP contribution is 2.44. The van der Waals surface area contributed by atoms with Gasteiger partial charge < -0.3 is 24.1 Å². The highest BCUT2D eigenvalue weighted by molar-refractivity contribution is 7.80. The van der Waals surface area contributed by atoms with Crippen LogP contribution in [-0.4, -0.2) is 32.9 Å². The van der Waals surface area contributed by atoms with Crippen LogP contribution >= 0.6 is 7.92 Å². The fraction of sp³-hybridized carbons (Fsp3) is 0.333. The molecule has 0 aromatic heterocycles. The summed E-state index contributed by atoms with van der Waals surface area (Å²) in [4.78, 5) is 0. The van der Waals surface area contributed by atoms with Gasteiger partial charge in [-0.1, -0.05) is 63.2 Å². The van der Waals surface area contributed by atoms with Crippen LogP contribution in [0.4, 0.5) is 0 Å². The van der Waals surface area contributed by atoms with Crippen molar-refractivity contribution in [3.05, 3.63) is 71.8 Å². The number of hydrogen-bond donors (Lipinski definition) is 1. The molecule has 0 unspecified atom stereocenters. The molecule has 0 saturated carbocycles. The molecule has 0 heterocycles. The number of phenolic OH excluding ortho intramolecular Hbond substituents is 1. The summed E-state index contributed by atoms with van der Waals surface area (Å²) < 4.78 is 22.2. The third-order valence-corrected chi connectivity index (χ3v) is 7.69. The van der Waals surface area contributed by atoms with Gasteiger partial charge in [-0.2, -0.15) is 0 Å². The molecule has 176 valence electrons. The molecule has 3 aromatic carbocycles. The second-order valence-electron chi connectivity index (χ2n) is 8.80. The maximum absolute atomic E-state index is 11.6. The Morgan fingerprint density at radius 3 is 1.70 bits per heavy atom. The minimum atomic E-state index is -1.23. The summed E-state index contributed by atoms with van der Waals surface area (Å²) >= 11 is 0. The van der Waals surface area contributed by atoms with Crippen LogP contribution in [0, 0.1) is 6.92 Å². The summed E-state index contributed by atoms with van der Waals surface area (Å²) in [5.41, 5.74) is 1.78. The van der Waals surface area contributed by atoms with Crippen LogP contribution < -0.4 is 25.4 Å². The number of methoxy groups -OCH3 is 2. The van der Waals surface area contributed by atoms with Crippen molar-refractivity contribution in [2.75, 3.05) is 27.8 Å². The minimum absolute atomic E-state index is 0.134. The molecule has 0 aliphatic rings. The third-order valence-electron chi connectivity index (χ3n) is 5.16. The quantitative estimate of drug-likeness (QED) is 0.364. The van der Waals surface area contributed by atoms with Crippen molar-refractivity contribution < 1.29 is 24.1 Å². The lowest BCUT2D eigenvalue weighted by Crippen LogP contribution is -2.26. The molecule has 6 heteroatoms. The average molecular weight is 469 g/mol. The Bertz CT molecular complexity index is 1020. The van der Waals surface area contributed by atoms with Crippen molar-refractivity contribution in [2.24, 2.45) is 0 Å². The molecule has 0 atom stereocenters. The second kappa shape index (κ2) is 11.0. The second-order valence-corrected chi connectivity index (χ2v) is 10.9. The van der Waals surface area contributed by atoms with Gasteiger partial charge >= 0.3 is 0 Å². The molecule has 0 spiro atoms. The first kappa shape index (κ1) is 25.0. The molecule has 3 aromatic rings. The SMILES string of the molecule is COCOc1ccccc1P(c1ccccc1OCOC)c1cc(C)cc(C(C)(C)C)c1O. The van der Waals surface area contributed by atoms with Gasteiger partial charge in [0.1, 0.15) is 17.2 Å². The number of aryl methyl sites for hydroxylation is 1. The predicted molar refractivity (Wildman–Crippen MR) is 135 cm³/mol. The Kier molecular flexibility index (Phi) is 8.36. The van der Waals surface area contributed by atoms with Crippen LogP contribution in [0.1, 0.15) is 31.9 Å². The van der Waals surface area contributed by atoms with Gasteiger partial charge in [0, 0.05) is 35.7 Å². The Morgan fingerprint density at radius 1 is 0.758 bits per heavy atom. The van der Waals surface area contributed by atoms with E-state index < -0.39 is 7.92 Å². The van der Waals surface area contributed by atoms with Crippen LogP contribution in [0.3, 0.4) is 0 Å². The number of rotatable bonds is 9. The van der Waals surface area contributed by atoms with Gasteiger partial charge in [0.05, 0.1) is 0 Å². The number of phenols is 1. The van der Waals surface area contributed by atoms with Crippen molar-refractivity contribution in [3.63, 3.8) is 0 Å². The van der Waals surface area contributed by atoms with Gasteiger partial charge in [-0.3, -0.25) is 0 Å². The van der Waals surface area contributed by atoms with Gasteiger partial charge in [-0.05, 0) is 44.0 Å². The van der Waals surface area contributed by atoms with Crippen LogP contribution in [-0.2, 0) is 14.9 Å². The van der Waals surface area contributed by atoms with E-state index in [1.807, 2.05) is 48.5 Å². The molecule has 0 radical (unpaired) electrons. The first-order valence-electron chi connectivity index (χ1n) is 10.8. The van der Waals surface area contributed by atoms with Crippen molar-refractivity contribution in [1.82, 2.24) is 0 Å². The Labute approximate surface area is 198 Å². The molecular formula is C27H33O5P. The summed E-state index contributed by atoms with van der Waals surface area (Å²) in [7, 11) is 1.96. The number of benzene rings is 3. The topological polar surface area (TPSA) is 57.2 Å². The number of aromatic hydroxyl groups is 1. The van der Waals surface area contributed by atoms with Gasteiger partial charge in [0.2, 0.25) is 0 Å². The van der Waals surface area contributed by atoms with Gasteiger partial charge in [-0.15, -0.1) is 0 Å². The number of ether oxygens (including phenoxy) is 4. The van der Waals surface area contributed by atoms with Crippen molar-refractivity contribution in [1.29, 1.82) is 0 Å². The first-order valence-corrected chi connectivity index (χ1v) is 12.2. The van der Waals surface area contributed by atoms with E-state index in [-0.39, 0.29) is 19.0 Å². The fourth-order valence-electron chi connectivity index (χ4n) is 3.66. The highest BCUT2D eigenvalue weighted by atomic mass is 31.1. The maximum atomic E-state index is 11.6. The van der Waals surface area contributed by atoms with E-state index in [0.29, 0.717) is 17.2 Å². The summed E-state index contributed by atoms with van der Waals surface area (Å²) in [5.74, 6) is 1.73. The van der Waals surface area contributed by atoms with E-state index in [9.17, 15) is 5.11 Å². The zero-order valence-electron chi connectivity index (χ0n) is 20.2. The smallest absolute Gasteiger partial charge is 0.188 e. The molecule has 0 aliphatic carbocycles. The average Bonchev–Trinajstić information content (AvgIpc) is 2.79. The first-order chi connectivity index (χ1) is 15.8. The Hall–Kier alpha value is -2.59. The predicted octanol–water partition coefficient (Wildman–Crippen LogP) is 4.72.